The largest absolute Gasteiger partial charge is 0.399 e. The molecule has 3 N–H and O–H groups in total. The molecule has 0 saturated heterocycles. The van der Waals surface area contributed by atoms with Crippen molar-refractivity contribution in [3.05, 3.63) is 39.3 Å². The van der Waals surface area contributed by atoms with Crippen molar-refractivity contribution in [3.63, 3.8) is 0 Å². The summed E-state index contributed by atoms with van der Waals surface area (Å²) in [7, 11) is 0. The summed E-state index contributed by atoms with van der Waals surface area (Å²) in [6.45, 7) is 5.79. The molecule has 2 aromatic rings. The first-order valence-corrected chi connectivity index (χ1v) is 7.08. The second kappa shape index (κ2) is 5.75. The zero-order valence-electron chi connectivity index (χ0n) is 11.6. The number of hydrogen-bond donors (Lipinski definition) is 2. The Morgan fingerprint density at radius 3 is 2.55 bits per heavy atom. The van der Waals surface area contributed by atoms with Gasteiger partial charge in [0.2, 0.25) is 0 Å². The quantitative estimate of drug-likeness (QED) is 0.820. The van der Waals surface area contributed by atoms with Crippen LogP contribution in [0.1, 0.15) is 40.5 Å². The Kier molecular flexibility index (Phi) is 4.23. The van der Waals surface area contributed by atoms with Gasteiger partial charge in [0, 0.05) is 21.8 Å². The molecule has 1 heterocycles. The Labute approximate surface area is 120 Å². The summed E-state index contributed by atoms with van der Waals surface area (Å²) in [5, 5.41) is 4.09. The van der Waals surface area contributed by atoms with Crippen molar-refractivity contribution in [2.24, 2.45) is 0 Å². The lowest BCUT2D eigenvalue weighted by Gasteiger charge is -2.17. The number of halogens is 2. The van der Waals surface area contributed by atoms with Crippen LogP contribution in [0, 0.1) is 13.8 Å². The fourth-order valence-electron chi connectivity index (χ4n) is 2.14. The molecule has 1 aromatic carbocycles. The highest BCUT2D eigenvalue weighted by Crippen LogP contribution is 2.33. The Morgan fingerprint density at radius 2 is 2.00 bits per heavy atom. The molecule has 6 heteroatoms. The van der Waals surface area contributed by atoms with E-state index in [4.69, 9.17) is 5.73 Å². The van der Waals surface area contributed by atoms with Crippen LogP contribution in [0.25, 0.3) is 0 Å². The van der Waals surface area contributed by atoms with Crippen LogP contribution in [0.3, 0.4) is 0 Å². The highest BCUT2D eigenvalue weighted by Gasteiger charge is 2.18. The Bertz CT molecular complexity index is 610. The van der Waals surface area contributed by atoms with Crippen LogP contribution in [0.4, 0.5) is 20.2 Å². The maximum atomic E-state index is 13.0. The first-order chi connectivity index (χ1) is 9.38. The summed E-state index contributed by atoms with van der Waals surface area (Å²) in [5.41, 5.74) is 7.17. The lowest BCUT2D eigenvalue weighted by atomic mass is 10.1. The summed E-state index contributed by atoms with van der Waals surface area (Å²) < 4.78 is 26.1. The Hall–Kier alpha value is -1.69. The fraction of sp³-hybridized carbons (Fsp3) is 0.357. The van der Waals surface area contributed by atoms with Gasteiger partial charge >= 0.3 is 0 Å². The minimum atomic E-state index is -2.56. The van der Waals surface area contributed by atoms with E-state index in [0.717, 1.165) is 15.6 Å². The number of alkyl halides is 2. The van der Waals surface area contributed by atoms with Gasteiger partial charge in [-0.1, -0.05) is 0 Å². The molecule has 0 aliphatic carbocycles. The van der Waals surface area contributed by atoms with Gasteiger partial charge in [0.25, 0.3) is 6.43 Å². The zero-order chi connectivity index (χ0) is 14.9. The summed E-state index contributed by atoms with van der Waals surface area (Å²) in [6.07, 6.45) is -2.56. The molecule has 0 aliphatic rings. The molecule has 3 nitrogen and oxygen atoms in total. The number of anilines is 2. The van der Waals surface area contributed by atoms with Crippen molar-refractivity contribution in [1.29, 1.82) is 0 Å². The molecule has 0 saturated carbocycles. The average molecular weight is 297 g/mol. The predicted molar refractivity (Wildman–Crippen MR) is 79.4 cm³/mol. The molecular formula is C14H17F2N3S. The number of aromatic nitrogens is 1. The molecule has 1 aromatic heterocycles. The summed E-state index contributed by atoms with van der Waals surface area (Å²) in [6, 6.07) is 4.44. The number of rotatable bonds is 4. The molecule has 1 atom stereocenters. The maximum Gasteiger partial charge on any atom is 0.265 e. The summed E-state index contributed by atoms with van der Waals surface area (Å²) >= 11 is 1.57. The summed E-state index contributed by atoms with van der Waals surface area (Å²) in [4.78, 5) is 5.41. The topological polar surface area (TPSA) is 50.9 Å². The highest BCUT2D eigenvalue weighted by atomic mass is 32.1. The molecule has 0 radical (unpaired) electrons. The third-order valence-electron chi connectivity index (χ3n) is 3.02. The lowest BCUT2D eigenvalue weighted by molar-refractivity contribution is 0.152. The number of thiazole rings is 1. The number of benzene rings is 1. The normalized spacial score (nSPS) is 12.7. The molecule has 2 rings (SSSR count). The number of aryl methyl sites for hydroxylation is 2. The highest BCUT2D eigenvalue weighted by molar-refractivity contribution is 7.11. The van der Waals surface area contributed by atoms with Gasteiger partial charge < -0.3 is 11.1 Å². The van der Waals surface area contributed by atoms with Gasteiger partial charge in [-0.3, -0.25) is 0 Å². The molecular weight excluding hydrogens is 280 g/mol. The van der Waals surface area contributed by atoms with E-state index < -0.39 is 6.43 Å². The predicted octanol–water partition coefficient (Wildman–Crippen LogP) is 4.45. The number of nitrogens with two attached hydrogens (primary N) is 1. The monoisotopic (exact) mass is 297 g/mol. The van der Waals surface area contributed by atoms with Crippen LogP contribution in [0.15, 0.2) is 18.2 Å². The lowest BCUT2D eigenvalue weighted by Crippen LogP contribution is -2.09. The second-order valence-electron chi connectivity index (χ2n) is 4.70. The SMILES string of the molecule is Cc1nc(C)c(C(C)Nc2ccc(N)cc2C(F)F)s1. The van der Waals surface area contributed by atoms with Gasteiger partial charge in [-0.15, -0.1) is 11.3 Å². The minimum Gasteiger partial charge on any atom is -0.399 e. The van der Waals surface area contributed by atoms with Crippen molar-refractivity contribution in [3.8, 4) is 0 Å². The molecule has 0 amide bonds. The fourth-order valence-corrected chi connectivity index (χ4v) is 3.07. The van der Waals surface area contributed by atoms with Crippen LogP contribution < -0.4 is 11.1 Å². The van der Waals surface area contributed by atoms with E-state index in [-0.39, 0.29) is 11.6 Å². The van der Waals surface area contributed by atoms with Gasteiger partial charge in [0.15, 0.2) is 0 Å². The van der Waals surface area contributed by atoms with Gasteiger partial charge in [-0.25, -0.2) is 13.8 Å². The van der Waals surface area contributed by atoms with Crippen LogP contribution in [0.2, 0.25) is 0 Å². The van der Waals surface area contributed by atoms with Crippen LogP contribution >= 0.6 is 11.3 Å². The van der Waals surface area contributed by atoms with E-state index in [1.165, 1.54) is 6.07 Å². The van der Waals surface area contributed by atoms with Crippen molar-refractivity contribution in [1.82, 2.24) is 4.98 Å². The Balaban J connectivity index is 2.28. The van der Waals surface area contributed by atoms with Crippen molar-refractivity contribution in [2.45, 2.75) is 33.2 Å². The second-order valence-corrected chi connectivity index (χ2v) is 5.93. The van der Waals surface area contributed by atoms with E-state index in [9.17, 15) is 8.78 Å². The van der Waals surface area contributed by atoms with Gasteiger partial charge in [-0.05, 0) is 39.0 Å². The average Bonchev–Trinajstić information content (AvgIpc) is 2.70. The minimum absolute atomic E-state index is 0.0734. The van der Waals surface area contributed by atoms with E-state index in [0.29, 0.717) is 11.4 Å². The van der Waals surface area contributed by atoms with Crippen molar-refractivity contribution >= 4 is 22.7 Å². The number of nitrogens with zero attached hydrogens (tertiary/aromatic N) is 1. The van der Waals surface area contributed by atoms with Crippen LogP contribution in [0.5, 0.6) is 0 Å². The maximum absolute atomic E-state index is 13.0. The van der Waals surface area contributed by atoms with E-state index >= 15 is 0 Å². The molecule has 0 spiro atoms. The Morgan fingerprint density at radius 1 is 1.30 bits per heavy atom. The van der Waals surface area contributed by atoms with Crippen molar-refractivity contribution < 1.29 is 8.78 Å². The third-order valence-corrected chi connectivity index (χ3v) is 4.27. The molecule has 1 unspecified atom stereocenters. The number of hydrogen-bond acceptors (Lipinski definition) is 4. The van der Waals surface area contributed by atoms with Crippen LogP contribution in [-0.4, -0.2) is 4.98 Å². The van der Waals surface area contributed by atoms with Gasteiger partial charge in [-0.2, -0.15) is 0 Å². The van der Waals surface area contributed by atoms with Gasteiger partial charge in [0.05, 0.1) is 16.7 Å². The summed E-state index contributed by atoms with van der Waals surface area (Å²) in [5.74, 6) is 0. The molecule has 20 heavy (non-hydrogen) atoms. The van der Waals surface area contributed by atoms with Gasteiger partial charge in [0.1, 0.15) is 0 Å². The molecule has 0 fully saturated rings. The first-order valence-electron chi connectivity index (χ1n) is 6.26. The zero-order valence-corrected chi connectivity index (χ0v) is 12.4. The molecule has 0 aliphatic heterocycles. The smallest absolute Gasteiger partial charge is 0.265 e. The standard InChI is InChI=1S/C14H17F2N3S/c1-7-13(20-9(3)18-7)8(2)19-12-5-4-10(17)6-11(12)14(15)16/h4-6,8,14,19H,17H2,1-3H3. The van der Waals surface area contributed by atoms with Crippen LogP contribution in [-0.2, 0) is 0 Å². The third kappa shape index (κ3) is 3.07. The number of nitrogens with one attached hydrogen (secondary N) is 1. The molecule has 0 bridgehead atoms. The van der Waals surface area contributed by atoms with Crippen molar-refractivity contribution in [2.75, 3.05) is 11.1 Å². The van der Waals surface area contributed by atoms with E-state index in [1.54, 1.807) is 23.5 Å². The molecule has 108 valence electrons. The number of nitrogen functional groups attached to an aromatic ring is 1. The first kappa shape index (κ1) is 14.7. The van der Waals surface area contributed by atoms with E-state index in [1.807, 2.05) is 20.8 Å². The van der Waals surface area contributed by atoms with E-state index in [2.05, 4.69) is 10.3 Å².